The van der Waals surface area contributed by atoms with E-state index >= 15 is 0 Å². The monoisotopic (exact) mass is 282 g/mol. The van der Waals surface area contributed by atoms with Crippen LogP contribution in [0.4, 0.5) is 5.82 Å². The molecule has 0 aliphatic carbocycles. The van der Waals surface area contributed by atoms with E-state index < -0.39 is 0 Å². The largest absolute Gasteiger partial charge is 0.275 e. The molecule has 0 fully saturated rings. The molecule has 0 spiro atoms. The molecule has 0 amide bonds. The van der Waals surface area contributed by atoms with Gasteiger partial charge in [-0.05, 0) is 44.1 Å². The fourth-order valence-corrected chi connectivity index (χ4v) is 2.54. The van der Waals surface area contributed by atoms with Gasteiger partial charge in [-0.2, -0.15) is 0 Å². The van der Waals surface area contributed by atoms with Crippen molar-refractivity contribution < 1.29 is 0 Å². The van der Waals surface area contributed by atoms with Gasteiger partial charge < -0.3 is 0 Å². The predicted molar refractivity (Wildman–Crippen MR) is 80.2 cm³/mol. The summed E-state index contributed by atoms with van der Waals surface area (Å²) in [7, 11) is 0. The van der Waals surface area contributed by atoms with Gasteiger partial charge in [-0.1, -0.05) is 36.0 Å². The number of nitrogens with zero attached hydrogens (tertiary/aromatic N) is 2. The molecule has 0 atom stereocenters. The van der Waals surface area contributed by atoms with Crippen molar-refractivity contribution in [3.63, 3.8) is 0 Å². The predicted octanol–water partition coefficient (Wildman–Crippen LogP) is 3.77. The molecule has 2 heterocycles. The molecule has 88 valence electrons. The first-order valence-electron chi connectivity index (χ1n) is 5.12. The highest BCUT2D eigenvalue weighted by Gasteiger charge is 2.26. The van der Waals surface area contributed by atoms with Crippen LogP contribution < -0.4 is 4.90 Å². The topological polar surface area (TPSA) is 16.1 Å². The number of anilines is 1. The fraction of sp³-hybridized carbons (Fsp3) is 0.250. The van der Waals surface area contributed by atoms with Crippen molar-refractivity contribution >= 4 is 51.8 Å². The number of aryl methyl sites for hydroxylation is 2. The summed E-state index contributed by atoms with van der Waals surface area (Å²) in [6.07, 6.45) is 1.89. The molecular weight excluding hydrogens is 272 g/mol. The van der Waals surface area contributed by atoms with Crippen LogP contribution in [0.15, 0.2) is 17.7 Å². The Hall–Kier alpha value is -0.840. The molecule has 2 nitrogen and oxygen atoms in total. The first-order valence-corrected chi connectivity index (χ1v) is 6.31. The summed E-state index contributed by atoms with van der Waals surface area (Å²) in [5.41, 5.74) is 2.75. The Bertz CT molecular complexity index is 564. The van der Waals surface area contributed by atoms with E-state index in [1.807, 2.05) is 37.8 Å². The summed E-state index contributed by atoms with van der Waals surface area (Å²) in [5.74, 6) is 0.773. The maximum Gasteiger partial charge on any atom is 0.142 e. The van der Waals surface area contributed by atoms with Gasteiger partial charge in [0, 0.05) is 0 Å². The van der Waals surface area contributed by atoms with Crippen molar-refractivity contribution in [2.24, 2.45) is 0 Å². The SMILES string of the molecule is CC1=CC(=S)N(c2nc(C)c(Cl)cc2C)C1=S. The van der Waals surface area contributed by atoms with Crippen LogP contribution in [0.5, 0.6) is 0 Å². The highest BCUT2D eigenvalue weighted by molar-refractivity contribution is 7.83. The van der Waals surface area contributed by atoms with Gasteiger partial charge in [-0.25, -0.2) is 4.98 Å². The van der Waals surface area contributed by atoms with E-state index in [9.17, 15) is 0 Å². The molecule has 0 N–H and O–H groups in total. The zero-order chi connectivity index (χ0) is 12.7. The molecular formula is C12H11ClN2S2. The Morgan fingerprint density at radius 3 is 2.41 bits per heavy atom. The Labute approximate surface area is 116 Å². The molecule has 0 aromatic carbocycles. The van der Waals surface area contributed by atoms with Crippen molar-refractivity contribution in [1.82, 2.24) is 4.98 Å². The van der Waals surface area contributed by atoms with Gasteiger partial charge in [0.1, 0.15) is 15.8 Å². The number of pyridine rings is 1. The van der Waals surface area contributed by atoms with E-state index in [0.717, 1.165) is 22.6 Å². The minimum absolute atomic E-state index is 0.659. The van der Waals surface area contributed by atoms with Crippen LogP contribution in [0, 0.1) is 13.8 Å². The van der Waals surface area contributed by atoms with Crippen LogP contribution >= 0.6 is 36.0 Å². The second-order valence-corrected chi connectivity index (χ2v) is 5.21. The van der Waals surface area contributed by atoms with Gasteiger partial charge >= 0.3 is 0 Å². The molecule has 1 aromatic heterocycles. The molecule has 0 unspecified atom stereocenters. The highest BCUT2D eigenvalue weighted by atomic mass is 35.5. The number of aromatic nitrogens is 1. The van der Waals surface area contributed by atoms with Crippen LogP contribution in [0.1, 0.15) is 18.2 Å². The summed E-state index contributed by atoms with van der Waals surface area (Å²) < 4.78 is 0. The van der Waals surface area contributed by atoms with Crippen LogP contribution in [-0.4, -0.2) is 15.0 Å². The molecule has 2 rings (SSSR count). The molecule has 5 heteroatoms. The maximum atomic E-state index is 6.03. The fourth-order valence-electron chi connectivity index (χ4n) is 1.67. The van der Waals surface area contributed by atoms with Gasteiger partial charge in [0.15, 0.2) is 0 Å². The zero-order valence-corrected chi connectivity index (χ0v) is 12.1. The summed E-state index contributed by atoms with van der Waals surface area (Å²) in [5, 5.41) is 0.659. The lowest BCUT2D eigenvalue weighted by Crippen LogP contribution is -2.30. The van der Waals surface area contributed by atoms with Crippen LogP contribution in [0.25, 0.3) is 0 Å². The lowest BCUT2D eigenvalue weighted by molar-refractivity contribution is 1.15. The first kappa shape index (κ1) is 12.6. The maximum absolute atomic E-state index is 6.03. The minimum atomic E-state index is 0.659. The molecule has 0 saturated heterocycles. The standard InChI is InChI=1S/C12H11ClN2S2/c1-6-4-9(13)8(3)14-11(6)15-10(16)5-7(2)12(15)17/h4-5H,1-3H3. The molecule has 0 bridgehead atoms. The minimum Gasteiger partial charge on any atom is -0.275 e. The van der Waals surface area contributed by atoms with Gasteiger partial charge in [-0.3, -0.25) is 4.90 Å². The summed E-state index contributed by atoms with van der Waals surface area (Å²) in [6.45, 7) is 5.77. The number of thiocarbonyl (C=S) groups is 2. The average Bonchev–Trinajstić information content (AvgIpc) is 2.48. The molecule has 17 heavy (non-hydrogen) atoms. The highest BCUT2D eigenvalue weighted by Crippen LogP contribution is 2.28. The molecule has 1 aromatic rings. The second kappa shape index (κ2) is 4.44. The van der Waals surface area contributed by atoms with Crippen LogP contribution in [-0.2, 0) is 0 Å². The third-order valence-corrected chi connectivity index (χ3v) is 3.82. The third kappa shape index (κ3) is 2.12. The van der Waals surface area contributed by atoms with Gasteiger partial charge in [0.25, 0.3) is 0 Å². The van der Waals surface area contributed by atoms with Crippen molar-refractivity contribution in [2.75, 3.05) is 4.90 Å². The van der Waals surface area contributed by atoms with Crippen molar-refractivity contribution in [3.8, 4) is 0 Å². The normalized spacial score (nSPS) is 15.5. The van der Waals surface area contributed by atoms with E-state index in [1.165, 1.54) is 0 Å². The van der Waals surface area contributed by atoms with E-state index in [-0.39, 0.29) is 0 Å². The number of hydrogen-bond donors (Lipinski definition) is 0. The summed E-state index contributed by atoms with van der Waals surface area (Å²) >= 11 is 16.7. The Balaban J connectivity index is 2.53. The second-order valence-electron chi connectivity index (χ2n) is 4.00. The number of halogens is 1. The van der Waals surface area contributed by atoms with E-state index in [0.29, 0.717) is 15.0 Å². The quantitative estimate of drug-likeness (QED) is 0.729. The Kier molecular flexibility index (Phi) is 3.30. The smallest absolute Gasteiger partial charge is 0.142 e. The average molecular weight is 283 g/mol. The molecule has 1 aliphatic heterocycles. The zero-order valence-electron chi connectivity index (χ0n) is 9.74. The van der Waals surface area contributed by atoms with Gasteiger partial charge in [0.2, 0.25) is 0 Å². The number of hydrogen-bond acceptors (Lipinski definition) is 3. The first-order chi connectivity index (χ1) is 7.91. The lowest BCUT2D eigenvalue weighted by Gasteiger charge is -2.20. The van der Waals surface area contributed by atoms with E-state index in [4.69, 9.17) is 36.0 Å². The molecule has 0 radical (unpaired) electrons. The summed E-state index contributed by atoms with van der Waals surface area (Å²) in [4.78, 5) is 7.69. The van der Waals surface area contributed by atoms with Crippen LogP contribution in [0.3, 0.4) is 0 Å². The number of rotatable bonds is 1. The Morgan fingerprint density at radius 1 is 1.24 bits per heavy atom. The van der Waals surface area contributed by atoms with Gasteiger partial charge in [-0.15, -0.1) is 0 Å². The van der Waals surface area contributed by atoms with E-state index in [2.05, 4.69) is 4.98 Å². The lowest BCUT2D eigenvalue weighted by atomic mass is 10.2. The van der Waals surface area contributed by atoms with Crippen LogP contribution in [0.2, 0.25) is 5.02 Å². The molecule has 0 saturated carbocycles. The Morgan fingerprint density at radius 2 is 1.88 bits per heavy atom. The molecule has 1 aliphatic rings. The van der Waals surface area contributed by atoms with E-state index in [1.54, 1.807) is 0 Å². The van der Waals surface area contributed by atoms with Crippen molar-refractivity contribution in [2.45, 2.75) is 20.8 Å². The van der Waals surface area contributed by atoms with Crippen molar-refractivity contribution in [1.29, 1.82) is 0 Å². The summed E-state index contributed by atoms with van der Waals surface area (Å²) in [6, 6.07) is 1.89. The van der Waals surface area contributed by atoms with Crippen molar-refractivity contribution in [3.05, 3.63) is 34.0 Å². The third-order valence-electron chi connectivity index (χ3n) is 2.63. The van der Waals surface area contributed by atoms with Gasteiger partial charge in [0.05, 0.1) is 10.7 Å².